The third kappa shape index (κ3) is 4.11. The number of benzene rings is 2. The van der Waals surface area contributed by atoms with Crippen molar-refractivity contribution in [2.24, 2.45) is 0 Å². The smallest absolute Gasteiger partial charge is 0.308 e. The van der Waals surface area contributed by atoms with E-state index in [0.29, 0.717) is 29.4 Å². The first-order chi connectivity index (χ1) is 13.6. The minimum absolute atomic E-state index is 0.162. The van der Waals surface area contributed by atoms with Gasteiger partial charge in [0.15, 0.2) is 0 Å². The molecule has 1 saturated heterocycles. The van der Waals surface area contributed by atoms with Gasteiger partial charge >= 0.3 is 5.69 Å². The summed E-state index contributed by atoms with van der Waals surface area (Å²) in [6.45, 7) is 2.39. The van der Waals surface area contributed by atoms with Crippen LogP contribution < -0.4 is 5.69 Å². The fourth-order valence-electron chi connectivity index (χ4n) is 3.85. The van der Waals surface area contributed by atoms with Crippen molar-refractivity contribution in [3.8, 4) is 0 Å². The number of halogens is 1. The lowest BCUT2D eigenvalue weighted by molar-refractivity contribution is 0.103. The molecule has 2 N–H and O–H groups in total. The summed E-state index contributed by atoms with van der Waals surface area (Å²) in [6, 6.07) is 17.1. The number of hydrogen-bond acceptors (Lipinski definition) is 3. The molecule has 1 fully saturated rings. The van der Waals surface area contributed by atoms with Gasteiger partial charge in [0.2, 0.25) is 5.78 Å². The summed E-state index contributed by atoms with van der Waals surface area (Å²) in [5.74, 6) is 0.356. The molecule has 0 bridgehead atoms. The number of likely N-dealkylation sites (tertiary alicyclic amines) is 1. The normalized spacial score (nSPS) is 15.6. The molecule has 0 amide bonds. The lowest BCUT2D eigenvalue weighted by Crippen LogP contribution is -2.33. The van der Waals surface area contributed by atoms with E-state index in [4.69, 9.17) is 11.6 Å². The molecule has 4 rings (SSSR count). The first-order valence-electron chi connectivity index (χ1n) is 9.49. The first kappa shape index (κ1) is 18.7. The second kappa shape index (κ2) is 8.17. The molecule has 1 aliphatic rings. The van der Waals surface area contributed by atoms with Gasteiger partial charge in [0.25, 0.3) is 0 Å². The average Bonchev–Trinajstić information content (AvgIpc) is 3.09. The first-order valence-corrected chi connectivity index (χ1v) is 9.86. The number of nitrogens with one attached hydrogen (secondary N) is 2. The molecule has 2 heterocycles. The maximum absolute atomic E-state index is 12.8. The molecule has 0 atom stereocenters. The van der Waals surface area contributed by atoms with E-state index in [2.05, 4.69) is 27.0 Å². The number of H-pyrrole nitrogens is 2. The van der Waals surface area contributed by atoms with Gasteiger partial charge in [0.1, 0.15) is 5.69 Å². The van der Waals surface area contributed by atoms with Crippen LogP contribution in [-0.4, -0.2) is 33.7 Å². The number of rotatable bonds is 5. The maximum Gasteiger partial charge on any atom is 0.323 e. The molecule has 0 spiro atoms. The molecular formula is C22H22ClN3O2. The van der Waals surface area contributed by atoms with E-state index in [1.54, 1.807) is 12.1 Å². The van der Waals surface area contributed by atoms with Crippen LogP contribution in [0.15, 0.2) is 59.4 Å². The fourth-order valence-corrected chi connectivity index (χ4v) is 3.97. The lowest BCUT2D eigenvalue weighted by Gasteiger charge is -2.32. The van der Waals surface area contributed by atoms with E-state index >= 15 is 0 Å². The molecule has 3 aromatic rings. The molecule has 0 radical (unpaired) electrons. The predicted molar refractivity (Wildman–Crippen MR) is 110 cm³/mol. The van der Waals surface area contributed by atoms with Crippen molar-refractivity contribution in [3.05, 3.63) is 92.6 Å². The number of imidazole rings is 1. The third-order valence-corrected chi connectivity index (χ3v) is 5.63. The summed E-state index contributed by atoms with van der Waals surface area (Å²) in [5, 5.41) is 0.758. The standard InChI is InChI=1S/C22H22ClN3O2/c23-18-8-6-15(7-9-18)16-10-12-26(13-11-16)14-19-20(25-22(28)24-19)21(27)17-4-2-1-3-5-17/h1-9,16H,10-14H2,(H2,24,25,28). The lowest BCUT2D eigenvalue weighted by atomic mass is 9.89. The Bertz CT molecular complexity index is 1000. The number of hydrogen-bond donors (Lipinski definition) is 2. The highest BCUT2D eigenvalue weighted by Gasteiger charge is 2.24. The Morgan fingerprint density at radius 1 is 1.00 bits per heavy atom. The number of aromatic nitrogens is 2. The quantitative estimate of drug-likeness (QED) is 0.642. The van der Waals surface area contributed by atoms with E-state index in [1.165, 1.54) is 5.56 Å². The van der Waals surface area contributed by atoms with Crippen LogP contribution in [0.25, 0.3) is 0 Å². The van der Waals surface area contributed by atoms with Crippen LogP contribution in [0.1, 0.15) is 46.1 Å². The molecule has 5 nitrogen and oxygen atoms in total. The van der Waals surface area contributed by atoms with Crippen LogP contribution in [0.3, 0.4) is 0 Å². The zero-order valence-corrected chi connectivity index (χ0v) is 16.2. The van der Waals surface area contributed by atoms with Crippen molar-refractivity contribution in [1.82, 2.24) is 14.9 Å². The predicted octanol–water partition coefficient (Wildman–Crippen LogP) is 3.97. The van der Waals surface area contributed by atoms with E-state index in [1.807, 2.05) is 30.3 Å². The molecule has 2 aromatic carbocycles. The van der Waals surface area contributed by atoms with E-state index in [-0.39, 0.29) is 11.5 Å². The maximum atomic E-state index is 12.8. The molecular weight excluding hydrogens is 374 g/mol. The van der Waals surface area contributed by atoms with Crippen molar-refractivity contribution in [2.75, 3.05) is 13.1 Å². The zero-order valence-electron chi connectivity index (χ0n) is 15.5. The van der Waals surface area contributed by atoms with Crippen molar-refractivity contribution >= 4 is 17.4 Å². The van der Waals surface area contributed by atoms with Gasteiger partial charge in [0, 0.05) is 17.1 Å². The highest BCUT2D eigenvalue weighted by Crippen LogP contribution is 2.29. The topological polar surface area (TPSA) is 69.0 Å². The minimum Gasteiger partial charge on any atom is -0.308 e. The van der Waals surface area contributed by atoms with Gasteiger partial charge in [-0.1, -0.05) is 54.1 Å². The third-order valence-electron chi connectivity index (χ3n) is 5.38. The van der Waals surface area contributed by atoms with Gasteiger partial charge < -0.3 is 9.97 Å². The monoisotopic (exact) mass is 395 g/mol. The van der Waals surface area contributed by atoms with Gasteiger partial charge in [-0.15, -0.1) is 0 Å². The highest BCUT2D eigenvalue weighted by atomic mass is 35.5. The summed E-state index contributed by atoms with van der Waals surface area (Å²) in [4.78, 5) is 32.4. The highest BCUT2D eigenvalue weighted by molar-refractivity contribution is 6.30. The van der Waals surface area contributed by atoms with Gasteiger partial charge in [-0.25, -0.2) is 4.79 Å². The fraction of sp³-hybridized carbons (Fsp3) is 0.273. The number of piperidine rings is 1. The molecule has 6 heteroatoms. The zero-order chi connectivity index (χ0) is 19.5. The molecule has 0 aliphatic carbocycles. The van der Waals surface area contributed by atoms with Gasteiger partial charge in [-0.3, -0.25) is 9.69 Å². The van der Waals surface area contributed by atoms with Gasteiger partial charge in [-0.2, -0.15) is 0 Å². The van der Waals surface area contributed by atoms with Crippen LogP contribution in [0.4, 0.5) is 0 Å². The van der Waals surface area contributed by atoms with Crippen LogP contribution in [0.2, 0.25) is 5.02 Å². The Kier molecular flexibility index (Phi) is 5.46. The average molecular weight is 396 g/mol. The summed E-state index contributed by atoms with van der Waals surface area (Å²) in [7, 11) is 0. The molecule has 1 aromatic heterocycles. The van der Waals surface area contributed by atoms with Crippen LogP contribution in [-0.2, 0) is 6.54 Å². The second-order valence-corrected chi connectivity index (χ2v) is 7.67. The van der Waals surface area contributed by atoms with Crippen molar-refractivity contribution in [3.63, 3.8) is 0 Å². The number of carbonyl (C=O) groups is 1. The molecule has 144 valence electrons. The Hall–Kier alpha value is -2.63. The van der Waals surface area contributed by atoms with Gasteiger partial charge in [-0.05, 0) is 49.5 Å². The van der Waals surface area contributed by atoms with E-state index in [0.717, 1.165) is 31.0 Å². The molecule has 0 saturated carbocycles. The number of nitrogens with zero attached hydrogens (tertiary/aromatic N) is 1. The Labute approximate surface area is 168 Å². The van der Waals surface area contributed by atoms with Gasteiger partial charge in [0.05, 0.1) is 5.69 Å². The Balaban J connectivity index is 1.44. The summed E-state index contributed by atoms with van der Waals surface area (Å²) in [5.41, 5.74) is 2.56. The number of carbonyl (C=O) groups excluding carboxylic acids is 1. The largest absolute Gasteiger partial charge is 0.323 e. The van der Waals surface area contributed by atoms with Crippen LogP contribution in [0, 0.1) is 0 Å². The summed E-state index contributed by atoms with van der Waals surface area (Å²) >= 11 is 5.98. The SMILES string of the molecule is O=C(c1ccccc1)c1[nH]c(=O)[nH]c1CN1CCC(c2ccc(Cl)cc2)CC1. The number of aromatic amines is 2. The van der Waals surface area contributed by atoms with E-state index in [9.17, 15) is 9.59 Å². The molecule has 28 heavy (non-hydrogen) atoms. The Morgan fingerprint density at radius 2 is 1.68 bits per heavy atom. The number of ketones is 1. The second-order valence-electron chi connectivity index (χ2n) is 7.23. The molecule has 1 aliphatic heterocycles. The van der Waals surface area contributed by atoms with Crippen molar-refractivity contribution in [2.45, 2.75) is 25.3 Å². The Morgan fingerprint density at radius 3 is 2.36 bits per heavy atom. The van der Waals surface area contributed by atoms with Crippen molar-refractivity contribution < 1.29 is 4.79 Å². The minimum atomic E-state index is -0.342. The summed E-state index contributed by atoms with van der Waals surface area (Å²) < 4.78 is 0. The van der Waals surface area contributed by atoms with Crippen LogP contribution in [0.5, 0.6) is 0 Å². The van der Waals surface area contributed by atoms with Crippen LogP contribution >= 0.6 is 11.6 Å². The summed E-state index contributed by atoms with van der Waals surface area (Å²) in [6.07, 6.45) is 2.08. The van der Waals surface area contributed by atoms with Crippen molar-refractivity contribution in [1.29, 1.82) is 0 Å². The van der Waals surface area contributed by atoms with E-state index < -0.39 is 0 Å². The molecule has 0 unspecified atom stereocenters.